The lowest BCUT2D eigenvalue weighted by atomic mass is 10.2. The normalized spacial score (nSPS) is 10.3. The van der Waals surface area contributed by atoms with Crippen molar-refractivity contribution >= 4 is 34.6 Å². The number of aromatic nitrogens is 3. The van der Waals surface area contributed by atoms with Crippen LogP contribution in [0.1, 0.15) is 0 Å². The van der Waals surface area contributed by atoms with E-state index >= 15 is 0 Å². The Morgan fingerprint density at radius 3 is 1.36 bits per heavy atom. The molecule has 3 rings (SSSR count). The van der Waals surface area contributed by atoms with Gasteiger partial charge in [-0.15, -0.1) is 0 Å². The quantitative estimate of drug-likeness (QED) is 0.646. The molecule has 0 aliphatic carbocycles. The number of nitrogens with zero attached hydrogens (tertiary/aromatic N) is 5. The monoisotopic (exact) mass is 379 g/mol. The van der Waals surface area contributed by atoms with E-state index in [9.17, 15) is 0 Å². The molecule has 2 N–H and O–H groups in total. The summed E-state index contributed by atoms with van der Waals surface area (Å²) in [5.74, 6) is 0.800. The lowest BCUT2D eigenvalue weighted by Gasteiger charge is -2.14. The molecule has 0 unspecified atom stereocenters. The van der Waals surface area contributed by atoms with E-state index in [0.717, 1.165) is 22.7 Å². The van der Waals surface area contributed by atoms with E-state index in [1.54, 1.807) is 0 Å². The maximum atomic E-state index is 5.22. The minimum atomic E-state index is 0.231. The summed E-state index contributed by atoms with van der Waals surface area (Å²) in [5, 5.41) is 6.38. The first-order valence-electron chi connectivity index (χ1n) is 8.83. The van der Waals surface area contributed by atoms with Crippen molar-refractivity contribution in [2.45, 2.75) is 0 Å². The van der Waals surface area contributed by atoms with Crippen LogP contribution in [0.3, 0.4) is 0 Å². The molecular formula is C20H25N7O. The van der Waals surface area contributed by atoms with E-state index in [-0.39, 0.29) is 6.01 Å². The van der Waals surface area contributed by atoms with Gasteiger partial charge in [0.1, 0.15) is 0 Å². The Morgan fingerprint density at radius 1 is 0.643 bits per heavy atom. The van der Waals surface area contributed by atoms with Gasteiger partial charge in [-0.2, -0.15) is 15.0 Å². The lowest BCUT2D eigenvalue weighted by Crippen LogP contribution is -2.09. The summed E-state index contributed by atoms with van der Waals surface area (Å²) < 4.78 is 5.22. The molecule has 146 valence electrons. The molecule has 1 aromatic heterocycles. The van der Waals surface area contributed by atoms with E-state index in [4.69, 9.17) is 4.74 Å². The van der Waals surface area contributed by atoms with Gasteiger partial charge in [-0.05, 0) is 48.5 Å². The summed E-state index contributed by atoms with van der Waals surface area (Å²) in [6.07, 6.45) is 0. The van der Waals surface area contributed by atoms with Gasteiger partial charge in [0.25, 0.3) is 0 Å². The van der Waals surface area contributed by atoms with Crippen LogP contribution in [0.2, 0.25) is 0 Å². The van der Waals surface area contributed by atoms with Crippen molar-refractivity contribution in [2.24, 2.45) is 0 Å². The Labute approximate surface area is 165 Å². The van der Waals surface area contributed by atoms with Crippen molar-refractivity contribution in [3.8, 4) is 6.01 Å². The summed E-state index contributed by atoms with van der Waals surface area (Å²) in [5.41, 5.74) is 3.98. The molecule has 3 aromatic rings. The molecule has 0 radical (unpaired) electrons. The van der Waals surface area contributed by atoms with Crippen LogP contribution in [0.15, 0.2) is 48.5 Å². The number of nitrogens with one attached hydrogen (secondary N) is 2. The summed E-state index contributed by atoms with van der Waals surface area (Å²) in [7, 11) is 9.54. The SMILES string of the molecule is COc1nc(Nc2ccc(N(C)C)cc2)nc(Nc2ccc(N(C)C)cc2)n1. The highest BCUT2D eigenvalue weighted by Gasteiger charge is 2.08. The molecule has 28 heavy (non-hydrogen) atoms. The van der Waals surface area contributed by atoms with Gasteiger partial charge in [-0.1, -0.05) is 0 Å². The van der Waals surface area contributed by atoms with Gasteiger partial charge in [-0.25, -0.2) is 0 Å². The Bertz CT molecular complexity index is 837. The van der Waals surface area contributed by atoms with Gasteiger partial charge in [0, 0.05) is 50.9 Å². The zero-order chi connectivity index (χ0) is 20.1. The van der Waals surface area contributed by atoms with Gasteiger partial charge in [0.05, 0.1) is 7.11 Å². The molecule has 0 bridgehead atoms. The van der Waals surface area contributed by atoms with Crippen molar-refractivity contribution in [3.63, 3.8) is 0 Å². The Kier molecular flexibility index (Phi) is 5.78. The first-order valence-corrected chi connectivity index (χ1v) is 8.83. The highest BCUT2D eigenvalue weighted by atomic mass is 16.5. The van der Waals surface area contributed by atoms with Crippen LogP contribution in [0.4, 0.5) is 34.6 Å². The fraction of sp³-hybridized carbons (Fsp3) is 0.250. The maximum absolute atomic E-state index is 5.22. The number of ether oxygens (including phenoxy) is 1. The van der Waals surface area contributed by atoms with Crippen molar-refractivity contribution in [1.29, 1.82) is 0 Å². The van der Waals surface area contributed by atoms with Crippen molar-refractivity contribution < 1.29 is 4.74 Å². The van der Waals surface area contributed by atoms with Crippen LogP contribution in [-0.4, -0.2) is 50.3 Å². The summed E-state index contributed by atoms with van der Waals surface area (Å²) in [6, 6.07) is 16.2. The Balaban J connectivity index is 1.79. The van der Waals surface area contributed by atoms with Gasteiger partial charge >= 0.3 is 6.01 Å². The smallest absolute Gasteiger partial charge is 0.322 e. The molecule has 0 spiro atoms. The van der Waals surface area contributed by atoms with Crippen LogP contribution in [0, 0.1) is 0 Å². The van der Waals surface area contributed by atoms with E-state index in [1.807, 2.05) is 86.5 Å². The molecule has 0 aliphatic rings. The number of hydrogen-bond donors (Lipinski definition) is 2. The van der Waals surface area contributed by atoms with Crippen molar-refractivity contribution in [1.82, 2.24) is 15.0 Å². The molecule has 0 saturated carbocycles. The number of benzene rings is 2. The standard InChI is InChI=1S/C20H25N7O/c1-26(2)16-10-6-14(7-11-16)21-18-23-19(25-20(24-18)28-5)22-15-8-12-17(13-9-15)27(3)4/h6-13H,1-5H3,(H2,21,22,23,24,25). The van der Waals surface area contributed by atoms with Crippen LogP contribution in [-0.2, 0) is 0 Å². The molecule has 1 heterocycles. The predicted octanol–water partition coefficient (Wildman–Crippen LogP) is 3.50. The minimum Gasteiger partial charge on any atom is -0.467 e. The van der Waals surface area contributed by atoms with E-state index < -0.39 is 0 Å². The Morgan fingerprint density at radius 2 is 1.04 bits per heavy atom. The predicted molar refractivity (Wildman–Crippen MR) is 114 cm³/mol. The van der Waals surface area contributed by atoms with E-state index in [2.05, 4.69) is 25.6 Å². The van der Waals surface area contributed by atoms with Crippen LogP contribution in [0.25, 0.3) is 0 Å². The van der Waals surface area contributed by atoms with Gasteiger partial charge < -0.3 is 25.2 Å². The molecule has 0 amide bonds. The second kappa shape index (κ2) is 8.43. The molecule has 0 aliphatic heterocycles. The van der Waals surface area contributed by atoms with Crippen LogP contribution < -0.4 is 25.2 Å². The number of anilines is 6. The molecule has 0 saturated heterocycles. The largest absolute Gasteiger partial charge is 0.467 e. The van der Waals surface area contributed by atoms with E-state index in [1.165, 1.54) is 7.11 Å². The molecule has 0 atom stereocenters. The first kappa shape index (κ1) is 19.2. The maximum Gasteiger partial charge on any atom is 0.322 e. The third kappa shape index (κ3) is 4.79. The molecule has 8 heteroatoms. The highest BCUT2D eigenvalue weighted by molar-refractivity contribution is 5.62. The zero-order valence-corrected chi connectivity index (χ0v) is 16.8. The Hall–Kier alpha value is -3.55. The average Bonchev–Trinajstić information content (AvgIpc) is 2.68. The molecule has 0 fully saturated rings. The number of rotatable bonds is 7. The average molecular weight is 379 g/mol. The van der Waals surface area contributed by atoms with E-state index in [0.29, 0.717) is 11.9 Å². The van der Waals surface area contributed by atoms with Crippen LogP contribution >= 0.6 is 0 Å². The van der Waals surface area contributed by atoms with Crippen LogP contribution in [0.5, 0.6) is 6.01 Å². The van der Waals surface area contributed by atoms with Gasteiger partial charge in [-0.3, -0.25) is 0 Å². The number of hydrogen-bond acceptors (Lipinski definition) is 8. The summed E-state index contributed by atoms with van der Waals surface area (Å²) in [6.45, 7) is 0. The third-order valence-electron chi connectivity index (χ3n) is 4.08. The zero-order valence-electron chi connectivity index (χ0n) is 16.8. The van der Waals surface area contributed by atoms with Gasteiger partial charge in [0.2, 0.25) is 11.9 Å². The number of methoxy groups -OCH3 is 1. The first-order chi connectivity index (χ1) is 13.4. The van der Waals surface area contributed by atoms with Gasteiger partial charge in [0.15, 0.2) is 0 Å². The molecular weight excluding hydrogens is 354 g/mol. The second-order valence-corrected chi connectivity index (χ2v) is 6.60. The minimum absolute atomic E-state index is 0.231. The fourth-order valence-corrected chi connectivity index (χ4v) is 2.50. The van der Waals surface area contributed by atoms with Crippen molar-refractivity contribution in [2.75, 3.05) is 55.7 Å². The summed E-state index contributed by atoms with van der Waals surface area (Å²) >= 11 is 0. The summed E-state index contributed by atoms with van der Waals surface area (Å²) in [4.78, 5) is 17.1. The topological polar surface area (TPSA) is 78.4 Å². The highest BCUT2D eigenvalue weighted by Crippen LogP contribution is 2.22. The molecule has 2 aromatic carbocycles. The molecule has 8 nitrogen and oxygen atoms in total. The lowest BCUT2D eigenvalue weighted by molar-refractivity contribution is 0.380. The second-order valence-electron chi connectivity index (χ2n) is 6.60. The fourth-order valence-electron chi connectivity index (χ4n) is 2.50. The third-order valence-corrected chi connectivity index (χ3v) is 4.08. The van der Waals surface area contributed by atoms with Crippen molar-refractivity contribution in [3.05, 3.63) is 48.5 Å².